The summed E-state index contributed by atoms with van der Waals surface area (Å²) in [5.41, 5.74) is 1.22. The molecule has 2 bridgehead atoms. The maximum Gasteiger partial charge on any atom is 0.233 e. The number of thioether (sulfide) groups is 2. The van der Waals surface area contributed by atoms with Crippen molar-refractivity contribution in [3.05, 3.63) is 40.1 Å². The molecule has 1 aromatic rings. The number of hydrogen-bond acceptors (Lipinski definition) is 4. The topological polar surface area (TPSA) is 37.4 Å². The first-order valence-corrected chi connectivity index (χ1v) is 9.82. The summed E-state index contributed by atoms with van der Waals surface area (Å²) in [6.07, 6.45) is 3.31. The number of imide groups is 1. The van der Waals surface area contributed by atoms with Crippen LogP contribution in [0.2, 0.25) is 0 Å². The molecular weight excluding hydrogens is 326 g/mol. The lowest BCUT2D eigenvalue weighted by Gasteiger charge is -2.29. The van der Waals surface area contributed by atoms with E-state index < -0.39 is 0 Å². The number of likely N-dealkylation sites (tertiary alicyclic amines) is 1. The molecule has 2 aliphatic carbocycles. The molecule has 2 amide bonds. The van der Waals surface area contributed by atoms with Gasteiger partial charge in [0.2, 0.25) is 11.8 Å². The number of nitrogens with zero attached hydrogens (tertiary/aromatic N) is 1. The Labute approximate surface area is 143 Å². The van der Waals surface area contributed by atoms with E-state index in [4.69, 9.17) is 0 Å². The highest BCUT2D eigenvalue weighted by Crippen LogP contribution is 2.68. The summed E-state index contributed by atoms with van der Waals surface area (Å²) in [6, 6.07) is 10.4. The lowest BCUT2D eigenvalue weighted by molar-refractivity contribution is -0.139. The van der Waals surface area contributed by atoms with Gasteiger partial charge in [0, 0.05) is 21.8 Å². The van der Waals surface area contributed by atoms with Gasteiger partial charge >= 0.3 is 0 Å². The molecule has 6 atom stereocenters. The normalized spacial score (nSPS) is 42.7. The predicted molar refractivity (Wildman–Crippen MR) is 93.5 cm³/mol. The van der Waals surface area contributed by atoms with Crippen molar-refractivity contribution in [2.24, 2.45) is 23.7 Å². The largest absolute Gasteiger partial charge is 0.285 e. The van der Waals surface area contributed by atoms with Crippen molar-refractivity contribution in [2.75, 3.05) is 7.05 Å². The number of amides is 2. The second kappa shape index (κ2) is 4.90. The first-order chi connectivity index (χ1) is 11.1. The average molecular weight is 343 g/mol. The van der Waals surface area contributed by atoms with E-state index >= 15 is 0 Å². The Morgan fingerprint density at radius 1 is 1.00 bits per heavy atom. The van der Waals surface area contributed by atoms with Gasteiger partial charge in [0.1, 0.15) is 0 Å². The van der Waals surface area contributed by atoms with Crippen molar-refractivity contribution < 1.29 is 9.59 Å². The molecule has 1 aromatic carbocycles. The smallest absolute Gasteiger partial charge is 0.233 e. The summed E-state index contributed by atoms with van der Waals surface area (Å²) in [5, 5.41) is 1.01. The van der Waals surface area contributed by atoms with Crippen molar-refractivity contribution in [1.29, 1.82) is 0 Å². The Morgan fingerprint density at radius 3 is 2.13 bits per heavy atom. The summed E-state index contributed by atoms with van der Waals surface area (Å²) in [5.74, 6) is 0.825. The molecule has 2 heterocycles. The molecule has 0 spiro atoms. The fourth-order valence-electron chi connectivity index (χ4n) is 4.89. The van der Waals surface area contributed by atoms with Gasteiger partial charge in [-0.05, 0) is 29.9 Å². The molecule has 0 aromatic heterocycles. The summed E-state index contributed by atoms with van der Waals surface area (Å²) >= 11 is 3.87. The van der Waals surface area contributed by atoms with E-state index in [0.717, 1.165) is 6.42 Å². The van der Waals surface area contributed by atoms with Gasteiger partial charge in [-0.1, -0.05) is 30.3 Å². The fraction of sp³-hybridized carbons (Fsp3) is 0.444. The van der Waals surface area contributed by atoms with Crippen LogP contribution in [0.5, 0.6) is 0 Å². The molecule has 2 aliphatic heterocycles. The van der Waals surface area contributed by atoms with Crippen LogP contribution in [0.1, 0.15) is 12.0 Å². The third-order valence-corrected chi connectivity index (χ3v) is 9.12. The summed E-state index contributed by atoms with van der Waals surface area (Å²) < 4.78 is 1.34. The molecule has 23 heavy (non-hydrogen) atoms. The molecule has 0 radical (unpaired) electrons. The minimum absolute atomic E-state index is 0.0390. The molecule has 4 fully saturated rings. The van der Waals surface area contributed by atoms with E-state index in [1.54, 1.807) is 7.05 Å². The molecule has 0 unspecified atom stereocenters. The lowest BCUT2D eigenvalue weighted by Crippen LogP contribution is -2.38. The highest BCUT2D eigenvalue weighted by molar-refractivity contribution is 8.26. The summed E-state index contributed by atoms with van der Waals surface area (Å²) in [6.45, 7) is 0. The van der Waals surface area contributed by atoms with Gasteiger partial charge in [-0.15, -0.1) is 23.5 Å². The van der Waals surface area contributed by atoms with Crippen LogP contribution >= 0.6 is 23.5 Å². The number of carbonyl (C=O) groups excluding carboxylic acids is 2. The van der Waals surface area contributed by atoms with E-state index in [0.29, 0.717) is 22.3 Å². The number of benzene rings is 1. The highest BCUT2D eigenvalue weighted by atomic mass is 32.2. The number of hydrogen-bond donors (Lipinski definition) is 0. The predicted octanol–water partition coefficient (Wildman–Crippen LogP) is 3.08. The minimum Gasteiger partial charge on any atom is -0.285 e. The molecule has 4 aliphatic rings. The molecule has 2 saturated heterocycles. The molecule has 5 heteroatoms. The standard InChI is InChI=1S/C18H17NO2S2/c1-19-17(20)13-10-8-11(14(13)18(19)21)16-15(10)22-12(23-16)7-9-5-3-2-4-6-9/h2-7,10-11,13-16H,8H2,1H3/t10-,11+,13-,14+,15-,16+. The number of fused-ring (bicyclic) bond motifs is 8. The summed E-state index contributed by atoms with van der Waals surface area (Å²) in [7, 11) is 1.65. The fourth-order valence-corrected chi connectivity index (χ4v) is 8.64. The van der Waals surface area contributed by atoms with Gasteiger partial charge in [0.25, 0.3) is 0 Å². The molecule has 2 saturated carbocycles. The average Bonchev–Trinajstić information content (AvgIpc) is 3.26. The van der Waals surface area contributed by atoms with E-state index in [1.807, 2.05) is 29.6 Å². The Bertz CT molecular complexity index is 694. The maximum absolute atomic E-state index is 12.4. The molecule has 5 rings (SSSR count). The second-order valence-electron chi connectivity index (χ2n) is 6.89. The Hall–Kier alpha value is -1.20. The van der Waals surface area contributed by atoms with E-state index in [1.165, 1.54) is 14.7 Å². The van der Waals surface area contributed by atoms with Crippen LogP contribution in [0.4, 0.5) is 0 Å². The van der Waals surface area contributed by atoms with Crippen molar-refractivity contribution >= 4 is 41.4 Å². The lowest BCUT2D eigenvalue weighted by atomic mass is 9.80. The monoisotopic (exact) mass is 343 g/mol. The number of rotatable bonds is 1. The third-order valence-electron chi connectivity index (χ3n) is 5.84. The van der Waals surface area contributed by atoms with Crippen LogP contribution in [0.3, 0.4) is 0 Å². The summed E-state index contributed by atoms with van der Waals surface area (Å²) in [4.78, 5) is 26.2. The van der Waals surface area contributed by atoms with Crippen LogP contribution in [0.15, 0.2) is 34.6 Å². The third kappa shape index (κ3) is 1.86. The maximum atomic E-state index is 12.4. The highest BCUT2D eigenvalue weighted by Gasteiger charge is 2.68. The van der Waals surface area contributed by atoms with E-state index in [9.17, 15) is 9.59 Å². The van der Waals surface area contributed by atoms with Crippen LogP contribution in [0, 0.1) is 23.7 Å². The van der Waals surface area contributed by atoms with Crippen LogP contribution in [-0.4, -0.2) is 34.3 Å². The Kier molecular flexibility index (Phi) is 3.02. The molecule has 118 valence electrons. The van der Waals surface area contributed by atoms with Gasteiger partial charge in [-0.25, -0.2) is 0 Å². The van der Waals surface area contributed by atoms with Crippen molar-refractivity contribution in [3.63, 3.8) is 0 Å². The molecular formula is C18H17NO2S2. The first kappa shape index (κ1) is 14.2. The van der Waals surface area contributed by atoms with Crippen LogP contribution in [-0.2, 0) is 9.59 Å². The van der Waals surface area contributed by atoms with Gasteiger partial charge in [-0.2, -0.15) is 0 Å². The van der Waals surface area contributed by atoms with Crippen molar-refractivity contribution in [1.82, 2.24) is 4.90 Å². The SMILES string of the molecule is CN1C(=O)[C@@H]2[C@H]3C[C@H]([C@@H]4SC(=Cc5ccccc5)S[C@H]34)[C@@H]2C1=O. The van der Waals surface area contributed by atoms with Crippen LogP contribution in [0.25, 0.3) is 6.08 Å². The van der Waals surface area contributed by atoms with Gasteiger partial charge in [-0.3, -0.25) is 14.5 Å². The van der Waals surface area contributed by atoms with Gasteiger partial charge in [0.15, 0.2) is 0 Å². The zero-order valence-electron chi connectivity index (χ0n) is 12.7. The number of carbonyl (C=O) groups is 2. The van der Waals surface area contributed by atoms with Crippen LogP contribution < -0.4 is 0 Å². The molecule has 0 N–H and O–H groups in total. The van der Waals surface area contributed by atoms with Gasteiger partial charge < -0.3 is 0 Å². The van der Waals surface area contributed by atoms with E-state index in [2.05, 4.69) is 30.3 Å². The van der Waals surface area contributed by atoms with Crippen molar-refractivity contribution in [3.8, 4) is 0 Å². The first-order valence-electron chi connectivity index (χ1n) is 8.06. The quantitative estimate of drug-likeness (QED) is 0.735. The molecule has 3 nitrogen and oxygen atoms in total. The van der Waals surface area contributed by atoms with Crippen molar-refractivity contribution in [2.45, 2.75) is 16.9 Å². The van der Waals surface area contributed by atoms with Gasteiger partial charge in [0.05, 0.1) is 11.8 Å². The zero-order valence-corrected chi connectivity index (χ0v) is 14.3. The van der Waals surface area contributed by atoms with E-state index in [-0.39, 0.29) is 23.7 Å². The zero-order chi connectivity index (χ0) is 15.7. The second-order valence-corrected chi connectivity index (χ2v) is 9.59. The Balaban J connectivity index is 1.44. The minimum atomic E-state index is -0.0390. The Morgan fingerprint density at radius 2 is 1.57 bits per heavy atom.